The maximum atomic E-state index is 10.8. The second-order valence-electron chi connectivity index (χ2n) is 8.19. The molecule has 0 spiro atoms. The molecule has 1 N–H and O–H groups in total. The normalized spacial score (nSPS) is 35.8. The van der Waals surface area contributed by atoms with Gasteiger partial charge in [0.05, 0.1) is 23.9 Å². The fraction of sp³-hybridized carbons (Fsp3) is 0.842. The predicted molar refractivity (Wildman–Crippen MR) is 92.7 cm³/mol. The fourth-order valence-corrected chi connectivity index (χ4v) is 4.93. The van der Waals surface area contributed by atoms with Crippen molar-refractivity contribution in [1.29, 1.82) is 0 Å². The molecule has 3 aliphatic rings. The fourth-order valence-electron chi connectivity index (χ4n) is 4.93. The summed E-state index contributed by atoms with van der Waals surface area (Å²) in [5, 5.41) is 15.7. The van der Waals surface area contributed by atoms with Crippen LogP contribution in [0.5, 0.6) is 0 Å². The molecule has 0 unspecified atom stereocenters. The van der Waals surface area contributed by atoms with Crippen LogP contribution >= 0.6 is 0 Å². The Morgan fingerprint density at radius 1 is 1.29 bits per heavy atom. The van der Waals surface area contributed by atoms with Gasteiger partial charge in [-0.25, -0.2) is 0 Å². The van der Waals surface area contributed by atoms with E-state index in [9.17, 15) is 5.11 Å². The first-order valence-corrected chi connectivity index (χ1v) is 9.72. The van der Waals surface area contributed by atoms with Gasteiger partial charge in [0, 0.05) is 31.3 Å². The number of rotatable bonds is 4. The van der Waals surface area contributed by atoms with Crippen LogP contribution in [0.25, 0.3) is 0 Å². The Labute approximate surface area is 145 Å². The van der Waals surface area contributed by atoms with Crippen LogP contribution < -0.4 is 0 Å². The number of likely N-dealkylation sites (tertiary alicyclic amines) is 1. The third-order valence-electron chi connectivity index (χ3n) is 6.45. The molecule has 3 atom stereocenters. The van der Waals surface area contributed by atoms with Crippen molar-refractivity contribution in [2.45, 2.75) is 76.1 Å². The van der Waals surface area contributed by atoms with Gasteiger partial charge in [-0.15, -0.1) is 0 Å². The molecule has 0 radical (unpaired) electrons. The minimum atomic E-state index is -0.602. The van der Waals surface area contributed by atoms with E-state index in [4.69, 9.17) is 9.84 Å². The lowest BCUT2D eigenvalue weighted by molar-refractivity contribution is -0.123. The Morgan fingerprint density at radius 2 is 2.12 bits per heavy atom. The number of aliphatic hydroxyl groups is 1. The number of ether oxygens (including phenoxy) is 1. The quantitative estimate of drug-likeness (QED) is 0.920. The van der Waals surface area contributed by atoms with Gasteiger partial charge in [-0.05, 0) is 51.6 Å². The lowest BCUT2D eigenvalue weighted by atomic mass is 9.79. The number of hydrogen-bond donors (Lipinski definition) is 1. The Hall–Kier alpha value is -0.910. The third-order valence-corrected chi connectivity index (χ3v) is 6.45. The van der Waals surface area contributed by atoms with Crippen LogP contribution in [0.3, 0.4) is 0 Å². The summed E-state index contributed by atoms with van der Waals surface area (Å²) < 4.78 is 7.88. The molecule has 1 aromatic rings. The molecule has 1 saturated carbocycles. The second-order valence-corrected chi connectivity index (χ2v) is 8.19. The van der Waals surface area contributed by atoms with Crippen molar-refractivity contribution in [2.24, 2.45) is 5.92 Å². The molecule has 0 amide bonds. The summed E-state index contributed by atoms with van der Waals surface area (Å²) in [4.78, 5) is 2.52. The summed E-state index contributed by atoms with van der Waals surface area (Å²) in [5.74, 6) is 0.214. The minimum absolute atomic E-state index is 0.214. The summed E-state index contributed by atoms with van der Waals surface area (Å²) in [6.45, 7) is 5.36. The highest BCUT2D eigenvalue weighted by atomic mass is 16.5. The molecule has 1 aromatic heterocycles. The van der Waals surface area contributed by atoms with E-state index in [2.05, 4.69) is 21.8 Å². The molecule has 2 saturated heterocycles. The molecule has 2 aliphatic heterocycles. The van der Waals surface area contributed by atoms with Crippen molar-refractivity contribution < 1.29 is 9.84 Å². The molecule has 0 bridgehead atoms. The molecule has 3 heterocycles. The van der Waals surface area contributed by atoms with Crippen molar-refractivity contribution in [1.82, 2.24) is 14.7 Å². The van der Waals surface area contributed by atoms with Crippen LogP contribution in [0.1, 0.15) is 63.6 Å². The third kappa shape index (κ3) is 3.26. The first-order chi connectivity index (χ1) is 11.6. The Kier molecular flexibility index (Phi) is 4.67. The van der Waals surface area contributed by atoms with Crippen molar-refractivity contribution in [3.63, 3.8) is 0 Å². The van der Waals surface area contributed by atoms with Gasteiger partial charge in [0.25, 0.3) is 0 Å². The van der Waals surface area contributed by atoms with Gasteiger partial charge in [-0.2, -0.15) is 5.10 Å². The Balaban J connectivity index is 1.43. The van der Waals surface area contributed by atoms with Crippen molar-refractivity contribution >= 4 is 0 Å². The van der Waals surface area contributed by atoms with Gasteiger partial charge < -0.3 is 9.84 Å². The minimum Gasteiger partial charge on any atom is -0.390 e. The highest BCUT2D eigenvalue weighted by Gasteiger charge is 2.44. The summed E-state index contributed by atoms with van der Waals surface area (Å²) in [6, 6.07) is 3.21. The monoisotopic (exact) mass is 333 g/mol. The van der Waals surface area contributed by atoms with Crippen LogP contribution in [0.2, 0.25) is 0 Å². The zero-order valence-corrected chi connectivity index (χ0v) is 14.9. The van der Waals surface area contributed by atoms with E-state index in [0.29, 0.717) is 25.3 Å². The standard InChI is InChI=1S/C19H31N3O2/c1-19(23)9-12-24-14-17(19)18-7-4-10-21(18)13-15-8-11-22(20-15)16-5-2-3-6-16/h8,11,16-18,23H,2-7,9-10,12-14H2,1H3/t17-,18-,19+/m1/s1. The van der Waals surface area contributed by atoms with Crippen LogP contribution in [0.4, 0.5) is 0 Å². The Morgan fingerprint density at radius 3 is 2.92 bits per heavy atom. The zero-order valence-electron chi connectivity index (χ0n) is 14.9. The van der Waals surface area contributed by atoms with E-state index in [1.165, 1.54) is 37.8 Å². The lowest BCUT2D eigenvalue weighted by Gasteiger charge is -2.43. The van der Waals surface area contributed by atoms with Crippen LogP contribution in [-0.2, 0) is 11.3 Å². The van der Waals surface area contributed by atoms with Crippen LogP contribution in [0.15, 0.2) is 12.3 Å². The van der Waals surface area contributed by atoms with E-state index < -0.39 is 5.60 Å². The predicted octanol–water partition coefficient (Wildman–Crippen LogP) is 2.75. The second kappa shape index (κ2) is 6.77. The molecule has 5 nitrogen and oxygen atoms in total. The molecule has 4 rings (SSSR count). The number of nitrogens with zero attached hydrogens (tertiary/aromatic N) is 3. The molecular weight excluding hydrogens is 302 g/mol. The van der Waals surface area contributed by atoms with E-state index in [-0.39, 0.29) is 5.92 Å². The summed E-state index contributed by atoms with van der Waals surface area (Å²) in [5.41, 5.74) is 0.569. The largest absolute Gasteiger partial charge is 0.390 e. The SMILES string of the molecule is C[C@]1(O)CCOC[C@@H]1[C@H]1CCCN1Cc1ccn(C2CCCC2)n1. The topological polar surface area (TPSA) is 50.5 Å². The molecule has 1 aliphatic carbocycles. The molecule has 5 heteroatoms. The van der Waals surface area contributed by atoms with Gasteiger partial charge in [-0.1, -0.05) is 12.8 Å². The first kappa shape index (κ1) is 16.6. The van der Waals surface area contributed by atoms with E-state index >= 15 is 0 Å². The number of aromatic nitrogens is 2. The van der Waals surface area contributed by atoms with Crippen molar-refractivity contribution in [3.8, 4) is 0 Å². The average molecular weight is 333 g/mol. The van der Waals surface area contributed by atoms with Crippen molar-refractivity contribution in [3.05, 3.63) is 18.0 Å². The van der Waals surface area contributed by atoms with Gasteiger partial charge in [0.15, 0.2) is 0 Å². The van der Waals surface area contributed by atoms with Crippen LogP contribution in [0, 0.1) is 5.92 Å². The van der Waals surface area contributed by atoms with E-state index in [1.807, 2.05) is 6.92 Å². The highest BCUT2D eigenvalue weighted by Crippen LogP contribution is 2.36. The molecular formula is C19H31N3O2. The molecule has 24 heavy (non-hydrogen) atoms. The maximum absolute atomic E-state index is 10.8. The van der Waals surface area contributed by atoms with Gasteiger partial charge in [0.2, 0.25) is 0 Å². The summed E-state index contributed by atoms with van der Waals surface area (Å²) >= 11 is 0. The van der Waals surface area contributed by atoms with Gasteiger partial charge in [0.1, 0.15) is 0 Å². The van der Waals surface area contributed by atoms with Gasteiger partial charge >= 0.3 is 0 Å². The highest BCUT2D eigenvalue weighted by molar-refractivity contribution is 5.03. The summed E-state index contributed by atoms with van der Waals surface area (Å²) in [7, 11) is 0. The molecule has 3 fully saturated rings. The molecule has 0 aromatic carbocycles. The van der Waals surface area contributed by atoms with E-state index in [1.54, 1.807) is 0 Å². The zero-order chi connectivity index (χ0) is 16.6. The maximum Gasteiger partial charge on any atom is 0.0765 e. The number of hydrogen-bond acceptors (Lipinski definition) is 4. The average Bonchev–Trinajstić information content (AvgIpc) is 3.28. The van der Waals surface area contributed by atoms with Crippen LogP contribution in [-0.4, -0.2) is 51.2 Å². The summed E-state index contributed by atoms with van der Waals surface area (Å²) in [6.07, 6.45) is 10.5. The first-order valence-electron chi connectivity index (χ1n) is 9.72. The molecule has 134 valence electrons. The lowest BCUT2D eigenvalue weighted by Crippen LogP contribution is -2.52. The smallest absolute Gasteiger partial charge is 0.0765 e. The van der Waals surface area contributed by atoms with Gasteiger partial charge in [-0.3, -0.25) is 9.58 Å². The van der Waals surface area contributed by atoms with E-state index in [0.717, 1.165) is 25.9 Å². The van der Waals surface area contributed by atoms with Crippen molar-refractivity contribution in [2.75, 3.05) is 19.8 Å². The Bertz CT molecular complexity index is 551.